The molecule has 9 heteroatoms. The number of ether oxygens (including phenoxy) is 4. The van der Waals surface area contributed by atoms with E-state index in [1.807, 2.05) is 12.1 Å². The van der Waals surface area contributed by atoms with Crippen molar-refractivity contribution in [2.75, 3.05) is 35.0 Å². The van der Waals surface area contributed by atoms with Gasteiger partial charge in [-0.2, -0.15) is 0 Å². The van der Waals surface area contributed by atoms with Gasteiger partial charge < -0.3 is 29.6 Å². The van der Waals surface area contributed by atoms with Crippen LogP contribution in [0.25, 0.3) is 0 Å². The van der Waals surface area contributed by atoms with Crippen LogP contribution in [-0.2, 0) is 25.5 Å². The van der Waals surface area contributed by atoms with Gasteiger partial charge in [0.05, 0.1) is 28.4 Å². The highest BCUT2D eigenvalue weighted by molar-refractivity contribution is 5.84. The first-order chi connectivity index (χ1) is 12.9. The highest BCUT2D eigenvalue weighted by Crippen LogP contribution is 2.27. The van der Waals surface area contributed by atoms with Crippen molar-refractivity contribution in [3.05, 3.63) is 23.8 Å². The standard InChI is InChI=1S/C18H26N2O7/c1-24-14-7-5-12(11-15(14)25-2)9-10-19-18(23)20-13(17(22)27-4)6-8-16(21)26-3/h5,7,11,13H,6,8-10H2,1-4H3,(H2,19,20,23). The van der Waals surface area contributed by atoms with Crippen molar-refractivity contribution >= 4 is 18.0 Å². The molecule has 0 fully saturated rings. The quantitative estimate of drug-likeness (QED) is 0.582. The minimum absolute atomic E-state index is 0.0117. The van der Waals surface area contributed by atoms with E-state index >= 15 is 0 Å². The second-order valence-electron chi connectivity index (χ2n) is 5.53. The van der Waals surface area contributed by atoms with Crippen LogP contribution in [0, 0.1) is 0 Å². The second-order valence-corrected chi connectivity index (χ2v) is 5.53. The Morgan fingerprint density at radius 2 is 1.70 bits per heavy atom. The summed E-state index contributed by atoms with van der Waals surface area (Å²) in [6, 6.07) is 4.01. The van der Waals surface area contributed by atoms with Crippen molar-refractivity contribution in [1.29, 1.82) is 0 Å². The summed E-state index contributed by atoms with van der Waals surface area (Å²) in [4.78, 5) is 35.0. The van der Waals surface area contributed by atoms with Gasteiger partial charge in [-0.3, -0.25) is 4.79 Å². The molecule has 0 bridgehead atoms. The van der Waals surface area contributed by atoms with Crippen LogP contribution >= 0.6 is 0 Å². The van der Waals surface area contributed by atoms with Crippen LogP contribution < -0.4 is 20.1 Å². The summed E-state index contributed by atoms with van der Waals surface area (Å²) < 4.78 is 19.6. The molecule has 0 heterocycles. The molecule has 0 saturated heterocycles. The summed E-state index contributed by atoms with van der Waals surface area (Å²) >= 11 is 0. The Bertz CT molecular complexity index is 649. The molecule has 1 rings (SSSR count). The molecule has 0 aliphatic rings. The number of rotatable bonds is 10. The molecule has 2 N–H and O–H groups in total. The van der Waals surface area contributed by atoms with Gasteiger partial charge in [-0.1, -0.05) is 6.07 Å². The van der Waals surface area contributed by atoms with E-state index in [1.165, 1.54) is 14.2 Å². The summed E-state index contributed by atoms with van der Waals surface area (Å²) in [7, 11) is 5.57. The maximum Gasteiger partial charge on any atom is 0.328 e. The van der Waals surface area contributed by atoms with Crippen molar-refractivity contribution in [2.24, 2.45) is 0 Å². The Morgan fingerprint density at radius 1 is 1.00 bits per heavy atom. The molecule has 2 amide bonds. The van der Waals surface area contributed by atoms with Gasteiger partial charge in [0.25, 0.3) is 0 Å². The number of methoxy groups -OCH3 is 4. The number of benzene rings is 1. The van der Waals surface area contributed by atoms with E-state index in [1.54, 1.807) is 20.3 Å². The van der Waals surface area contributed by atoms with E-state index in [0.717, 1.165) is 5.56 Å². The van der Waals surface area contributed by atoms with E-state index in [2.05, 4.69) is 20.1 Å². The first-order valence-corrected chi connectivity index (χ1v) is 8.35. The lowest BCUT2D eigenvalue weighted by Crippen LogP contribution is -2.47. The molecular formula is C18H26N2O7. The fourth-order valence-corrected chi connectivity index (χ4v) is 2.32. The fourth-order valence-electron chi connectivity index (χ4n) is 2.32. The van der Waals surface area contributed by atoms with Gasteiger partial charge in [0.15, 0.2) is 11.5 Å². The first kappa shape index (κ1) is 22.1. The monoisotopic (exact) mass is 382 g/mol. The number of carbonyl (C=O) groups is 3. The topological polar surface area (TPSA) is 112 Å². The van der Waals surface area contributed by atoms with E-state index in [4.69, 9.17) is 9.47 Å². The third kappa shape index (κ3) is 7.43. The summed E-state index contributed by atoms with van der Waals surface area (Å²) in [5.74, 6) is 0.125. The SMILES string of the molecule is COC(=O)CCC(NC(=O)NCCc1ccc(OC)c(OC)c1)C(=O)OC. The normalized spacial score (nSPS) is 11.1. The molecule has 1 aromatic rings. The minimum atomic E-state index is -0.935. The Kier molecular flexibility index (Phi) is 9.49. The van der Waals surface area contributed by atoms with Gasteiger partial charge in [-0.15, -0.1) is 0 Å². The number of hydrogen-bond acceptors (Lipinski definition) is 7. The predicted molar refractivity (Wildman–Crippen MR) is 96.8 cm³/mol. The molecule has 1 atom stereocenters. The van der Waals surface area contributed by atoms with Crippen LogP contribution in [0.5, 0.6) is 11.5 Å². The van der Waals surface area contributed by atoms with E-state index in [0.29, 0.717) is 24.5 Å². The number of nitrogens with one attached hydrogen (secondary N) is 2. The zero-order chi connectivity index (χ0) is 20.2. The molecular weight excluding hydrogens is 356 g/mol. The molecule has 0 aliphatic heterocycles. The molecule has 0 saturated carbocycles. The van der Waals surface area contributed by atoms with Gasteiger partial charge in [0, 0.05) is 13.0 Å². The van der Waals surface area contributed by atoms with E-state index in [-0.39, 0.29) is 12.8 Å². The Labute approximate surface area is 158 Å². The third-order valence-electron chi connectivity index (χ3n) is 3.80. The lowest BCUT2D eigenvalue weighted by atomic mass is 10.1. The van der Waals surface area contributed by atoms with Crippen LogP contribution in [0.2, 0.25) is 0 Å². The first-order valence-electron chi connectivity index (χ1n) is 8.35. The molecule has 1 unspecified atom stereocenters. The van der Waals surface area contributed by atoms with Crippen LogP contribution in [-0.4, -0.2) is 59.0 Å². The average molecular weight is 382 g/mol. The number of carbonyl (C=O) groups excluding carboxylic acids is 3. The Hall–Kier alpha value is -2.97. The van der Waals surface area contributed by atoms with Gasteiger partial charge in [0.1, 0.15) is 6.04 Å². The van der Waals surface area contributed by atoms with E-state index in [9.17, 15) is 14.4 Å². The van der Waals surface area contributed by atoms with Crippen molar-refractivity contribution < 1.29 is 33.3 Å². The molecule has 0 aliphatic carbocycles. The average Bonchev–Trinajstić information content (AvgIpc) is 2.69. The molecule has 9 nitrogen and oxygen atoms in total. The van der Waals surface area contributed by atoms with Crippen LogP contribution in [0.3, 0.4) is 0 Å². The number of esters is 2. The van der Waals surface area contributed by atoms with Crippen LogP contribution in [0.15, 0.2) is 18.2 Å². The van der Waals surface area contributed by atoms with Gasteiger partial charge in [-0.05, 0) is 30.5 Å². The summed E-state index contributed by atoms with van der Waals surface area (Å²) in [6.07, 6.45) is 0.628. The second kappa shape index (κ2) is 11.6. The van der Waals surface area contributed by atoms with Crippen molar-refractivity contribution in [2.45, 2.75) is 25.3 Å². The maximum absolute atomic E-state index is 12.0. The predicted octanol–water partition coefficient (Wildman–Crippen LogP) is 1.04. The largest absolute Gasteiger partial charge is 0.493 e. The molecule has 150 valence electrons. The van der Waals surface area contributed by atoms with E-state index < -0.39 is 24.0 Å². The number of amides is 2. The van der Waals surface area contributed by atoms with Crippen molar-refractivity contribution in [1.82, 2.24) is 10.6 Å². The van der Waals surface area contributed by atoms with Crippen LogP contribution in [0.1, 0.15) is 18.4 Å². The number of urea groups is 1. The fraction of sp³-hybridized carbons (Fsp3) is 0.500. The molecule has 0 aromatic heterocycles. The smallest absolute Gasteiger partial charge is 0.328 e. The summed E-state index contributed by atoms with van der Waals surface area (Å²) in [5.41, 5.74) is 0.947. The highest BCUT2D eigenvalue weighted by Gasteiger charge is 2.22. The maximum atomic E-state index is 12.0. The summed E-state index contributed by atoms with van der Waals surface area (Å²) in [6.45, 7) is 0.339. The third-order valence-corrected chi connectivity index (χ3v) is 3.80. The molecule has 27 heavy (non-hydrogen) atoms. The zero-order valence-corrected chi connectivity index (χ0v) is 16.0. The van der Waals surface area contributed by atoms with Gasteiger partial charge >= 0.3 is 18.0 Å². The Balaban J connectivity index is 2.52. The molecule has 1 aromatic carbocycles. The molecule has 0 spiro atoms. The lowest BCUT2D eigenvalue weighted by Gasteiger charge is -2.16. The minimum Gasteiger partial charge on any atom is -0.493 e. The van der Waals surface area contributed by atoms with Crippen molar-refractivity contribution in [3.63, 3.8) is 0 Å². The number of hydrogen-bond donors (Lipinski definition) is 2. The lowest BCUT2D eigenvalue weighted by molar-refractivity contribution is -0.144. The summed E-state index contributed by atoms with van der Waals surface area (Å²) in [5, 5.41) is 5.16. The zero-order valence-electron chi connectivity index (χ0n) is 16.0. The molecule has 0 radical (unpaired) electrons. The van der Waals surface area contributed by atoms with Gasteiger partial charge in [-0.25, -0.2) is 9.59 Å². The Morgan fingerprint density at radius 3 is 2.30 bits per heavy atom. The van der Waals surface area contributed by atoms with Crippen molar-refractivity contribution in [3.8, 4) is 11.5 Å². The highest BCUT2D eigenvalue weighted by atomic mass is 16.5. The van der Waals surface area contributed by atoms with Crippen LogP contribution in [0.4, 0.5) is 4.79 Å². The van der Waals surface area contributed by atoms with Gasteiger partial charge in [0.2, 0.25) is 0 Å².